The van der Waals surface area contributed by atoms with Gasteiger partial charge in [-0.25, -0.2) is 9.78 Å². The van der Waals surface area contributed by atoms with E-state index >= 15 is 0 Å². The first kappa shape index (κ1) is 26.2. The first-order valence-corrected chi connectivity index (χ1v) is 12.5. The molecule has 3 heterocycles. The molecule has 4 rings (SSSR count). The van der Waals surface area contributed by atoms with Crippen molar-refractivity contribution in [3.8, 4) is 11.3 Å². The number of nitrogens with zero attached hydrogens (tertiary/aromatic N) is 2. The van der Waals surface area contributed by atoms with Gasteiger partial charge in [-0.2, -0.15) is 0 Å². The molecule has 194 valence electrons. The molecule has 2 aliphatic heterocycles. The first-order valence-electron chi connectivity index (χ1n) is 12.5. The van der Waals surface area contributed by atoms with Crippen LogP contribution < -0.4 is 10.8 Å². The molecule has 2 atom stereocenters. The zero-order valence-electron chi connectivity index (χ0n) is 22.2. The molecule has 0 spiro atoms. The Balaban J connectivity index is 1.50. The lowest BCUT2D eigenvalue weighted by Crippen LogP contribution is -2.54. The molecule has 0 saturated carbocycles. The summed E-state index contributed by atoms with van der Waals surface area (Å²) in [5, 5.41) is 11.7. The molecule has 1 aromatic heterocycles. The summed E-state index contributed by atoms with van der Waals surface area (Å²) in [6.45, 7) is 14.3. The van der Waals surface area contributed by atoms with Gasteiger partial charge in [0.2, 0.25) is 5.91 Å². The van der Waals surface area contributed by atoms with Crippen LogP contribution in [0.4, 0.5) is 4.79 Å². The van der Waals surface area contributed by atoms with Gasteiger partial charge in [0.25, 0.3) is 0 Å². The van der Waals surface area contributed by atoms with Crippen molar-refractivity contribution in [3.63, 3.8) is 0 Å². The van der Waals surface area contributed by atoms with Gasteiger partial charge in [0.1, 0.15) is 11.9 Å². The number of aromatic nitrogens is 2. The number of nitrogens with one attached hydrogen (secondary N) is 2. The van der Waals surface area contributed by atoms with Crippen molar-refractivity contribution in [2.75, 3.05) is 6.54 Å². The Morgan fingerprint density at radius 2 is 1.78 bits per heavy atom. The maximum Gasteiger partial charge on any atom is 0.494 e. The molecule has 2 amide bonds. The normalized spacial score (nSPS) is 22.0. The number of imidazole rings is 1. The second kappa shape index (κ2) is 9.23. The number of aromatic amines is 1. The van der Waals surface area contributed by atoms with Gasteiger partial charge < -0.3 is 29.6 Å². The van der Waals surface area contributed by atoms with Gasteiger partial charge in [-0.15, -0.1) is 0 Å². The number of carbonyl (C=O) groups excluding carboxylic acids is 1. The van der Waals surface area contributed by atoms with E-state index in [0.717, 1.165) is 29.6 Å². The molecule has 1 aromatic carbocycles. The van der Waals surface area contributed by atoms with Crippen LogP contribution in [0.2, 0.25) is 0 Å². The third-order valence-electron chi connectivity index (χ3n) is 7.57. The van der Waals surface area contributed by atoms with E-state index in [1.807, 2.05) is 72.7 Å². The summed E-state index contributed by atoms with van der Waals surface area (Å²) in [6.07, 6.45) is 2.17. The summed E-state index contributed by atoms with van der Waals surface area (Å²) < 4.78 is 12.3. The highest BCUT2D eigenvalue weighted by atomic mass is 16.7. The maximum absolute atomic E-state index is 13.4. The van der Waals surface area contributed by atoms with E-state index in [-0.39, 0.29) is 11.9 Å². The molecule has 0 bridgehead atoms. The molecule has 2 unspecified atom stereocenters. The summed E-state index contributed by atoms with van der Waals surface area (Å²) in [4.78, 5) is 34.4. The SMILES string of the molecule is CC(C)(C)C(NC(=O)O)C(=O)N1CCCC1c1ncc(-c2ccc(B3OC(C)(C)C(C)(C)O3)cc2)[nH]1. The van der Waals surface area contributed by atoms with Crippen molar-refractivity contribution in [1.29, 1.82) is 0 Å². The smallest absolute Gasteiger partial charge is 0.465 e. The summed E-state index contributed by atoms with van der Waals surface area (Å²) in [6, 6.07) is 6.93. The van der Waals surface area contributed by atoms with Crippen molar-refractivity contribution in [2.24, 2.45) is 5.41 Å². The first-order chi connectivity index (χ1) is 16.7. The Hall–Kier alpha value is -2.85. The number of hydrogen-bond acceptors (Lipinski definition) is 5. The van der Waals surface area contributed by atoms with Gasteiger partial charge in [-0.1, -0.05) is 45.0 Å². The minimum Gasteiger partial charge on any atom is -0.465 e. The van der Waals surface area contributed by atoms with Crippen molar-refractivity contribution >= 4 is 24.6 Å². The number of likely N-dealkylation sites (tertiary alicyclic amines) is 1. The van der Waals surface area contributed by atoms with Crippen molar-refractivity contribution < 1.29 is 24.0 Å². The number of carbonyl (C=O) groups is 2. The van der Waals surface area contributed by atoms with Crippen LogP contribution in [-0.4, -0.2) is 62.9 Å². The Labute approximate surface area is 213 Å². The summed E-state index contributed by atoms with van der Waals surface area (Å²) in [7, 11) is -0.422. The maximum atomic E-state index is 13.4. The Bertz CT molecular complexity index is 1110. The summed E-state index contributed by atoms with van der Waals surface area (Å²) >= 11 is 0. The van der Waals surface area contributed by atoms with Crippen LogP contribution in [0.3, 0.4) is 0 Å². The minimum atomic E-state index is -1.21. The molecular weight excluding hydrogens is 459 g/mol. The molecule has 2 aromatic rings. The predicted octanol–water partition coefficient (Wildman–Crippen LogP) is 3.72. The van der Waals surface area contributed by atoms with Crippen molar-refractivity contribution in [2.45, 2.75) is 84.6 Å². The van der Waals surface area contributed by atoms with Gasteiger partial charge in [-0.3, -0.25) is 4.79 Å². The summed E-state index contributed by atoms with van der Waals surface area (Å²) in [5.74, 6) is 0.478. The standard InChI is InChI=1S/C26H37BN4O5/c1-24(2,3)20(30-23(33)34)22(32)31-14-8-9-19(31)21-28-15-18(29-21)16-10-12-17(13-11-16)27-35-25(4,5)26(6,7)36-27/h10-13,15,19-20,30H,8-9,14H2,1-7H3,(H,28,29)(H,33,34). The zero-order valence-corrected chi connectivity index (χ0v) is 22.2. The fourth-order valence-electron chi connectivity index (χ4n) is 4.70. The van der Waals surface area contributed by atoms with E-state index in [9.17, 15) is 14.7 Å². The highest BCUT2D eigenvalue weighted by molar-refractivity contribution is 6.62. The number of amides is 2. The molecule has 2 fully saturated rings. The largest absolute Gasteiger partial charge is 0.494 e. The number of hydrogen-bond donors (Lipinski definition) is 3. The van der Waals surface area contributed by atoms with Crippen molar-refractivity contribution in [3.05, 3.63) is 36.3 Å². The lowest BCUT2D eigenvalue weighted by Gasteiger charge is -2.34. The lowest BCUT2D eigenvalue weighted by atomic mass is 9.79. The van der Waals surface area contributed by atoms with Gasteiger partial charge in [0.05, 0.1) is 29.1 Å². The van der Waals surface area contributed by atoms with Crippen LogP contribution in [-0.2, 0) is 14.1 Å². The van der Waals surface area contributed by atoms with Crippen LogP contribution in [0.25, 0.3) is 11.3 Å². The lowest BCUT2D eigenvalue weighted by molar-refractivity contribution is -0.137. The quantitative estimate of drug-likeness (QED) is 0.544. The van der Waals surface area contributed by atoms with Gasteiger partial charge in [0, 0.05) is 6.54 Å². The molecular formula is C26H37BN4O5. The van der Waals surface area contributed by atoms with E-state index in [4.69, 9.17) is 9.31 Å². The van der Waals surface area contributed by atoms with E-state index in [1.165, 1.54) is 0 Å². The molecule has 2 aliphatic rings. The van der Waals surface area contributed by atoms with E-state index in [1.54, 1.807) is 11.1 Å². The predicted molar refractivity (Wildman–Crippen MR) is 138 cm³/mol. The molecule has 0 radical (unpaired) electrons. The Morgan fingerprint density at radius 1 is 1.17 bits per heavy atom. The molecule has 2 saturated heterocycles. The van der Waals surface area contributed by atoms with E-state index in [0.29, 0.717) is 12.4 Å². The number of carboxylic acid groups (broad SMARTS) is 1. The fraction of sp³-hybridized carbons (Fsp3) is 0.577. The Morgan fingerprint density at radius 3 is 2.33 bits per heavy atom. The monoisotopic (exact) mass is 496 g/mol. The molecule has 10 heteroatoms. The Kier molecular flexibility index (Phi) is 6.72. The van der Waals surface area contributed by atoms with Crippen LogP contribution >= 0.6 is 0 Å². The highest BCUT2D eigenvalue weighted by Gasteiger charge is 2.51. The second-order valence-corrected chi connectivity index (χ2v) is 11.8. The summed E-state index contributed by atoms with van der Waals surface area (Å²) in [5.41, 5.74) is 1.40. The van der Waals surface area contributed by atoms with Crippen LogP contribution in [0.15, 0.2) is 30.5 Å². The highest BCUT2D eigenvalue weighted by Crippen LogP contribution is 2.37. The topological polar surface area (TPSA) is 117 Å². The van der Waals surface area contributed by atoms with Crippen LogP contribution in [0.1, 0.15) is 73.2 Å². The van der Waals surface area contributed by atoms with E-state index in [2.05, 4.69) is 15.3 Å². The molecule has 36 heavy (non-hydrogen) atoms. The second-order valence-electron chi connectivity index (χ2n) is 11.8. The average Bonchev–Trinajstić information content (AvgIpc) is 3.49. The van der Waals surface area contributed by atoms with Gasteiger partial charge in [0.15, 0.2) is 0 Å². The van der Waals surface area contributed by atoms with Crippen molar-refractivity contribution in [1.82, 2.24) is 20.2 Å². The molecule has 3 N–H and O–H groups in total. The fourth-order valence-corrected chi connectivity index (χ4v) is 4.70. The van der Waals surface area contributed by atoms with Gasteiger partial charge in [-0.05, 0) is 57.0 Å². The average molecular weight is 496 g/mol. The van der Waals surface area contributed by atoms with Crippen LogP contribution in [0.5, 0.6) is 0 Å². The number of benzene rings is 1. The van der Waals surface area contributed by atoms with Gasteiger partial charge >= 0.3 is 13.2 Å². The zero-order chi connectivity index (χ0) is 26.5. The number of rotatable bonds is 5. The van der Waals surface area contributed by atoms with E-state index < -0.39 is 35.9 Å². The molecule has 9 nitrogen and oxygen atoms in total. The molecule has 0 aliphatic carbocycles. The third kappa shape index (κ3) is 5.02. The number of H-pyrrole nitrogens is 1. The van der Waals surface area contributed by atoms with Crippen LogP contribution in [0, 0.1) is 5.41 Å². The third-order valence-corrected chi connectivity index (χ3v) is 7.57. The minimum absolute atomic E-state index is 0.225.